The minimum Gasteiger partial charge on any atom is -0.507 e. The van der Waals surface area contributed by atoms with Crippen LogP contribution in [-0.4, -0.2) is 42.0 Å². The fourth-order valence-corrected chi connectivity index (χ4v) is 4.25. The fourth-order valence-electron chi connectivity index (χ4n) is 4.13. The molecule has 1 amide bonds. The first-order valence-electron chi connectivity index (χ1n) is 11.2. The minimum atomic E-state index is -0.750. The number of halogens is 1. The van der Waals surface area contributed by atoms with Crippen LogP contribution in [0.25, 0.3) is 5.76 Å². The van der Waals surface area contributed by atoms with Gasteiger partial charge in [0.15, 0.2) is 0 Å². The molecule has 1 unspecified atom stereocenters. The van der Waals surface area contributed by atoms with Crippen molar-refractivity contribution in [3.63, 3.8) is 0 Å². The SMILES string of the molecule is COCCN1C(=O)C(=O)/C(=C(\O)c2ccc(OCc3cccc(C)c3)cc2)C1c1ccc(Cl)cc1. The lowest BCUT2D eigenvalue weighted by atomic mass is 9.95. The standard InChI is InChI=1S/C28H26ClNO5/c1-18-4-3-5-19(16-18)17-35-23-12-8-21(9-13-23)26(31)24-25(20-6-10-22(29)11-7-20)30(14-15-34-2)28(33)27(24)32/h3-13,16,25,31H,14-15,17H2,1-2H3/b26-24-. The van der Waals surface area contributed by atoms with Gasteiger partial charge in [0.05, 0.1) is 18.2 Å². The summed E-state index contributed by atoms with van der Waals surface area (Å²) in [6, 6.07) is 21.0. The number of carbonyl (C=O) groups excluding carboxylic acids is 2. The Labute approximate surface area is 209 Å². The molecule has 0 spiro atoms. The van der Waals surface area contributed by atoms with Crippen LogP contribution in [0.15, 0.2) is 78.4 Å². The van der Waals surface area contributed by atoms with Crippen LogP contribution < -0.4 is 4.74 Å². The molecule has 4 rings (SSSR count). The van der Waals surface area contributed by atoms with Crippen molar-refractivity contribution in [1.29, 1.82) is 0 Å². The summed E-state index contributed by atoms with van der Waals surface area (Å²) in [4.78, 5) is 27.2. The molecule has 0 aliphatic carbocycles. The zero-order valence-corrected chi connectivity index (χ0v) is 20.3. The van der Waals surface area contributed by atoms with Gasteiger partial charge in [0.1, 0.15) is 18.1 Å². The van der Waals surface area contributed by atoms with Crippen LogP contribution in [0.1, 0.15) is 28.3 Å². The van der Waals surface area contributed by atoms with E-state index in [-0.39, 0.29) is 24.5 Å². The van der Waals surface area contributed by atoms with Gasteiger partial charge in [-0.1, -0.05) is 53.6 Å². The van der Waals surface area contributed by atoms with E-state index in [1.807, 2.05) is 25.1 Å². The van der Waals surface area contributed by atoms with Gasteiger partial charge in [0.25, 0.3) is 11.7 Å². The third-order valence-electron chi connectivity index (χ3n) is 5.88. The molecule has 1 heterocycles. The second kappa shape index (κ2) is 10.8. The molecule has 7 heteroatoms. The van der Waals surface area contributed by atoms with E-state index in [2.05, 4.69) is 6.07 Å². The van der Waals surface area contributed by atoms with Gasteiger partial charge in [0, 0.05) is 24.2 Å². The summed E-state index contributed by atoms with van der Waals surface area (Å²) in [5, 5.41) is 11.7. The molecule has 0 saturated carbocycles. The number of aliphatic hydroxyl groups is 1. The van der Waals surface area contributed by atoms with Gasteiger partial charge in [-0.15, -0.1) is 0 Å². The number of hydrogen-bond acceptors (Lipinski definition) is 5. The number of ether oxygens (including phenoxy) is 2. The maximum absolute atomic E-state index is 13.0. The third-order valence-corrected chi connectivity index (χ3v) is 6.13. The van der Waals surface area contributed by atoms with Crippen molar-refractivity contribution in [3.05, 3.63) is 106 Å². The van der Waals surface area contributed by atoms with Crippen LogP contribution in [-0.2, 0) is 20.9 Å². The quantitative estimate of drug-likeness (QED) is 0.263. The molecular formula is C28H26ClNO5. The first-order chi connectivity index (χ1) is 16.9. The highest BCUT2D eigenvalue weighted by molar-refractivity contribution is 6.46. The molecule has 1 aliphatic heterocycles. The lowest BCUT2D eigenvalue weighted by Crippen LogP contribution is -2.32. The van der Waals surface area contributed by atoms with E-state index in [1.54, 1.807) is 48.5 Å². The summed E-state index contributed by atoms with van der Waals surface area (Å²) in [6.45, 7) is 2.90. The number of nitrogens with zero attached hydrogens (tertiary/aromatic N) is 1. The summed E-state index contributed by atoms with van der Waals surface area (Å²) in [5.74, 6) is -1.04. The van der Waals surface area contributed by atoms with E-state index >= 15 is 0 Å². The largest absolute Gasteiger partial charge is 0.507 e. The summed E-state index contributed by atoms with van der Waals surface area (Å²) < 4.78 is 11.0. The van der Waals surface area contributed by atoms with E-state index in [9.17, 15) is 14.7 Å². The first-order valence-corrected chi connectivity index (χ1v) is 11.6. The van der Waals surface area contributed by atoms with Gasteiger partial charge in [-0.2, -0.15) is 0 Å². The number of Topliss-reactive ketones (excluding diaryl/α,β-unsaturated/α-hetero) is 1. The minimum absolute atomic E-state index is 0.0295. The second-order valence-electron chi connectivity index (χ2n) is 8.34. The summed E-state index contributed by atoms with van der Waals surface area (Å²) in [6.07, 6.45) is 0. The normalized spacial score (nSPS) is 17.1. The van der Waals surface area contributed by atoms with Crippen molar-refractivity contribution in [2.75, 3.05) is 20.3 Å². The van der Waals surface area contributed by atoms with Gasteiger partial charge in [0.2, 0.25) is 0 Å². The second-order valence-corrected chi connectivity index (χ2v) is 8.78. The third kappa shape index (κ3) is 5.39. The van der Waals surface area contributed by atoms with Gasteiger partial charge in [-0.05, 0) is 54.4 Å². The number of carbonyl (C=O) groups is 2. The summed E-state index contributed by atoms with van der Waals surface area (Å²) in [7, 11) is 1.52. The molecule has 180 valence electrons. The highest BCUT2D eigenvalue weighted by atomic mass is 35.5. The Balaban J connectivity index is 1.63. The van der Waals surface area contributed by atoms with E-state index in [4.69, 9.17) is 21.1 Å². The van der Waals surface area contributed by atoms with Crippen molar-refractivity contribution >= 4 is 29.1 Å². The Morgan fingerprint density at radius 1 is 1.03 bits per heavy atom. The molecule has 1 saturated heterocycles. The molecule has 1 atom stereocenters. The molecule has 1 fully saturated rings. The monoisotopic (exact) mass is 491 g/mol. The number of aryl methyl sites for hydroxylation is 1. The number of benzene rings is 3. The number of aliphatic hydroxyl groups excluding tert-OH is 1. The van der Waals surface area contributed by atoms with Crippen molar-refractivity contribution in [2.45, 2.75) is 19.6 Å². The number of rotatable bonds is 8. The lowest BCUT2D eigenvalue weighted by Gasteiger charge is -2.25. The molecule has 3 aromatic rings. The van der Waals surface area contributed by atoms with E-state index in [1.165, 1.54) is 12.0 Å². The maximum atomic E-state index is 13.0. The Morgan fingerprint density at radius 3 is 2.40 bits per heavy atom. The Morgan fingerprint density at radius 2 is 1.74 bits per heavy atom. The molecular weight excluding hydrogens is 466 g/mol. The Bertz CT molecular complexity index is 1250. The first kappa shape index (κ1) is 24.5. The number of likely N-dealkylation sites (tertiary alicyclic amines) is 1. The number of methoxy groups -OCH3 is 1. The van der Waals surface area contributed by atoms with Crippen molar-refractivity contribution in [1.82, 2.24) is 4.90 Å². The van der Waals surface area contributed by atoms with Crippen molar-refractivity contribution in [2.24, 2.45) is 0 Å². The molecule has 35 heavy (non-hydrogen) atoms. The van der Waals surface area contributed by atoms with Gasteiger partial charge in [-0.3, -0.25) is 9.59 Å². The smallest absolute Gasteiger partial charge is 0.295 e. The highest BCUT2D eigenvalue weighted by Crippen LogP contribution is 2.39. The van der Waals surface area contributed by atoms with Crippen LogP contribution in [0.5, 0.6) is 5.75 Å². The van der Waals surface area contributed by atoms with Gasteiger partial charge in [-0.25, -0.2) is 0 Å². The lowest BCUT2D eigenvalue weighted by molar-refractivity contribution is -0.140. The van der Waals surface area contributed by atoms with Crippen LogP contribution in [0.2, 0.25) is 5.02 Å². The highest BCUT2D eigenvalue weighted by Gasteiger charge is 2.45. The Kier molecular flexibility index (Phi) is 7.54. The number of hydrogen-bond donors (Lipinski definition) is 1. The van der Waals surface area contributed by atoms with Gasteiger partial charge < -0.3 is 19.5 Å². The van der Waals surface area contributed by atoms with Crippen LogP contribution in [0, 0.1) is 6.92 Å². The molecule has 1 aliphatic rings. The summed E-state index contributed by atoms with van der Waals surface area (Å²) in [5.41, 5.74) is 3.32. The zero-order chi connectivity index (χ0) is 24.9. The van der Waals surface area contributed by atoms with Crippen molar-refractivity contribution < 1.29 is 24.2 Å². The van der Waals surface area contributed by atoms with Gasteiger partial charge >= 0.3 is 0 Å². The van der Waals surface area contributed by atoms with E-state index < -0.39 is 17.7 Å². The number of amides is 1. The summed E-state index contributed by atoms with van der Waals surface area (Å²) >= 11 is 6.04. The van der Waals surface area contributed by atoms with Crippen molar-refractivity contribution in [3.8, 4) is 5.75 Å². The Hall–Kier alpha value is -3.61. The fraction of sp³-hybridized carbons (Fsp3) is 0.214. The zero-order valence-electron chi connectivity index (χ0n) is 19.5. The molecule has 6 nitrogen and oxygen atoms in total. The molecule has 3 aromatic carbocycles. The van der Waals surface area contributed by atoms with E-state index in [0.29, 0.717) is 28.5 Å². The average molecular weight is 492 g/mol. The van der Waals surface area contributed by atoms with E-state index in [0.717, 1.165) is 11.1 Å². The van der Waals surface area contributed by atoms with Crippen LogP contribution in [0.3, 0.4) is 0 Å². The predicted octanol–water partition coefficient (Wildman–Crippen LogP) is 5.30. The average Bonchev–Trinajstić information content (AvgIpc) is 3.11. The molecule has 0 bridgehead atoms. The molecule has 0 radical (unpaired) electrons. The molecule has 1 N–H and O–H groups in total. The topological polar surface area (TPSA) is 76.1 Å². The maximum Gasteiger partial charge on any atom is 0.295 e. The molecule has 0 aromatic heterocycles. The predicted molar refractivity (Wildman–Crippen MR) is 134 cm³/mol. The number of ketones is 1. The van der Waals surface area contributed by atoms with Crippen LogP contribution >= 0.6 is 11.6 Å². The van der Waals surface area contributed by atoms with Crippen LogP contribution in [0.4, 0.5) is 0 Å².